The van der Waals surface area contributed by atoms with Crippen LogP contribution in [-0.2, 0) is 19.6 Å². The smallest absolute Gasteiger partial charge is 0.321 e. The van der Waals surface area contributed by atoms with Crippen molar-refractivity contribution in [3.63, 3.8) is 0 Å². The van der Waals surface area contributed by atoms with Crippen molar-refractivity contribution in [3.05, 3.63) is 40.4 Å². The van der Waals surface area contributed by atoms with Gasteiger partial charge in [0.1, 0.15) is 5.01 Å². The summed E-state index contributed by atoms with van der Waals surface area (Å²) in [6, 6.07) is 7.07. The number of nitrogens with one attached hydrogen (secondary N) is 2. The molecule has 0 aliphatic heterocycles. The summed E-state index contributed by atoms with van der Waals surface area (Å²) in [6.45, 7) is 2.29. The molecule has 1 aromatic carbocycles. The Morgan fingerprint density at radius 1 is 1.30 bits per heavy atom. The summed E-state index contributed by atoms with van der Waals surface area (Å²) < 4.78 is 0. The van der Waals surface area contributed by atoms with E-state index in [1.54, 1.807) is 0 Å². The lowest BCUT2D eigenvalue weighted by Gasteiger charge is -2.08. The zero-order valence-corrected chi connectivity index (χ0v) is 11.9. The number of urea groups is 1. The van der Waals surface area contributed by atoms with Crippen LogP contribution in [-0.4, -0.2) is 21.3 Å². The summed E-state index contributed by atoms with van der Waals surface area (Å²) in [7, 11) is 0. The van der Waals surface area contributed by atoms with Crippen LogP contribution in [0.1, 0.15) is 23.1 Å². The van der Waals surface area contributed by atoms with E-state index in [0.717, 1.165) is 22.6 Å². The number of rotatable bonds is 5. The van der Waals surface area contributed by atoms with E-state index in [1.807, 2.05) is 31.2 Å². The third-order valence-corrected chi connectivity index (χ3v) is 3.70. The lowest BCUT2D eigenvalue weighted by atomic mass is 10.1. The Balaban J connectivity index is 1.88. The minimum Gasteiger partial charge on any atom is -0.392 e. The fourth-order valence-corrected chi connectivity index (χ4v) is 2.32. The van der Waals surface area contributed by atoms with E-state index in [4.69, 9.17) is 0 Å². The summed E-state index contributed by atoms with van der Waals surface area (Å²) in [5.41, 5.74) is 1.69. The van der Waals surface area contributed by atoms with Crippen molar-refractivity contribution >= 4 is 22.5 Å². The van der Waals surface area contributed by atoms with Crippen molar-refractivity contribution < 1.29 is 9.90 Å². The molecule has 0 bridgehead atoms. The summed E-state index contributed by atoms with van der Waals surface area (Å²) in [4.78, 5) is 11.7. The summed E-state index contributed by atoms with van der Waals surface area (Å²) in [6.07, 6.45) is 0.796. The second kappa shape index (κ2) is 6.97. The van der Waals surface area contributed by atoms with Crippen molar-refractivity contribution in [2.45, 2.75) is 26.5 Å². The number of aliphatic hydroxyl groups is 1. The molecule has 0 saturated carbocycles. The normalized spacial score (nSPS) is 10.3. The van der Waals surface area contributed by atoms with Gasteiger partial charge in [0.25, 0.3) is 0 Å². The van der Waals surface area contributed by atoms with Gasteiger partial charge in [-0.3, -0.25) is 5.32 Å². The Kier molecular flexibility index (Phi) is 5.03. The number of anilines is 1. The minimum atomic E-state index is -0.337. The molecule has 2 amide bonds. The van der Waals surface area contributed by atoms with Gasteiger partial charge in [-0.1, -0.05) is 42.5 Å². The molecule has 0 fully saturated rings. The quantitative estimate of drug-likeness (QED) is 0.785. The number of amides is 2. The molecule has 0 aliphatic carbocycles. The van der Waals surface area contributed by atoms with Gasteiger partial charge >= 0.3 is 6.03 Å². The van der Waals surface area contributed by atoms with Crippen molar-refractivity contribution in [3.8, 4) is 0 Å². The molecule has 2 rings (SSSR count). The molecule has 3 N–H and O–H groups in total. The molecular weight excluding hydrogens is 276 g/mol. The fourth-order valence-electron chi connectivity index (χ4n) is 1.65. The van der Waals surface area contributed by atoms with Gasteiger partial charge < -0.3 is 10.4 Å². The molecule has 0 atom stereocenters. The Bertz CT molecular complexity index is 585. The van der Waals surface area contributed by atoms with Gasteiger partial charge in [-0.2, -0.15) is 0 Å². The second-order valence-electron chi connectivity index (χ2n) is 4.09. The maximum atomic E-state index is 11.7. The number of benzene rings is 1. The van der Waals surface area contributed by atoms with E-state index in [9.17, 15) is 9.90 Å². The van der Waals surface area contributed by atoms with Crippen LogP contribution in [0.15, 0.2) is 24.3 Å². The lowest BCUT2D eigenvalue weighted by molar-refractivity contribution is 0.251. The highest BCUT2D eigenvalue weighted by molar-refractivity contribution is 7.15. The van der Waals surface area contributed by atoms with E-state index < -0.39 is 0 Å². The van der Waals surface area contributed by atoms with Crippen molar-refractivity contribution in [2.24, 2.45) is 0 Å². The Hall–Kier alpha value is -1.99. The fraction of sp³-hybridized carbons (Fsp3) is 0.308. The molecular formula is C13H16N4O2S. The molecule has 0 unspecified atom stereocenters. The molecule has 106 valence electrons. The molecule has 7 heteroatoms. The van der Waals surface area contributed by atoms with Crippen LogP contribution >= 0.6 is 11.3 Å². The number of hydrogen-bond donors (Lipinski definition) is 3. The zero-order chi connectivity index (χ0) is 14.4. The maximum absolute atomic E-state index is 11.7. The number of carbonyl (C=O) groups is 1. The average Bonchev–Trinajstić information content (AvgIpc) is 2.93. The molecule has 1 heterocycles. The first kappa shape index (κ1) is 14.4. The first-order chi connectivity index (χ1) is 9.72. The Morgan fingerprint density at radius 3 is 2.70 bits per heavy atom. The van der Waals surface area contributed by atoms with Crippen molar-refractivity contribution in [1.82, 2.24) is 15.5 Å². The van der Waals surface area contributed by atoms with Crippen molar-refractivity contribution in [1.29, 1.82) is 0 Å². The van der Waals surface area contributed by atoms with Gasteiger partial charge in [0.15, 0.2) is 0 Å². The van der Waals surface area contributed by atoms with Gasteiger partial charge in [-0.05, 0) is 17.5 Å². The molecule has 0 saturated heterocycles. The van der Waals surface area contributed by atoms with Crippen LogP contribution in [0.3, 0.4) is 0 Å². The topological polar surface area (TPSA) is 87.1 Å². The van der Waals surface area contributed by atoms with E-state index in [2.05, 4.69) is 20.8 Å². The van der Waals surface area contributed by atoms with Crippen LogP contribution in [0.2, 0.25) is 0 Å². The van der Waals surface area contributed by atoms with Crippen LogP contribution in [0.5, 0.6) is 0 Å². The summed E-state index contributed by atoms with van der Waals surface area (Å²) in [5.74, 6) is 0. The minimum absolute atomic E-state index is 0.0459. The van der Waals surface area contributed by atoms with Crippen LogP contribution < -0.4 is 10.6 Å². The first-order valence-electron chi connectivity index (χ1n) is 6.27. The SMILES string of the molecule is CCc1nnc(NC(=O)NCc2ccccc2CO)s1. The van der Waals surface area contributed by atoms with E-state index in [-0.39, 0.29) is 12.6 Å². The monoisotopic (exact) mass is 292 g/mol. The first-order valence-corrected chi connectivity index (χ1v) is 7.09. The van der Waals surface area contributed by atoms with Gasteiger partial charge in [0.05, 0.1) is 6.61 Å². The van der Waals surface area contributed by atoms with E-state index in [1.165, 1.54) is 11.3 Å². The average molecular weight is 292 g/mol. The highest BCUT2D eigenvalue weighted by atomic mass is 32.1. The number of aryl methyl sites for hydroxylation is 1. The largest absolute Gasteiger partial charge is 0.392 e. The number of hydrogen-bond acceptors (Lipinski definition) is 5. The Morgan fingerprint density at radius 2 is 2.05 bits per heavy atom. The molecule has 0 aliphatic rings. The van der Waals surface area contributed by atoms with Crippen molar-refractivity contribution in [2.75, 3.05) is 5.32 Å². The third-order valence-electron chi connectivity index (χ3n) is 2.72. The van der Waals surface area contributed by atoms with Crippen LogP contribution in [0.4, 0.5) is 9.93 Å². The lowest BCUT2D eigenvalue weighted by Crippen LogP contribution is -2.28. The van der Waals surface area contributed by atoms with Crippen LogP contribution in [0.25, 0.3) is 0 Å². The van der Waals surface area contributed by atoms with Gasteiger partial charge in [-0.25, -0.2) is 4.79 Å². The maximum Gasteiger partial charge on any atom is 0.321 e. The number of nitrogens with zero attached hydrogens (tertiary/aromatic N) is 2. The summed E-state index contributed by atoms with van der Waals surface area (Å²) in [5, 5.41) is 23.7. The van der Waals surface area contributed by atoms with Gasteiger partial charge in [-0.15, -0.1) is 10.2 Å². The molecule has 0 radical (unpaired) electrons. The molecule has 6 nitrogen and oxygen atoms in total. The standard InChI is InChI=1S/C13H16N4O2S/c1-2-11-16-17-13(20-11)15-12(19)14-7-9-5-3-4-6-10(9)8-18/h3-6,18H,2,7-8H2,1H3,(H2,14,15,17,19). The molecule has 20 heavy (non-hydrogen) atoms. The van der Waals surface area contributed by atoms with Gasteiger partial charge in [0.2, 0.25) is 5.13 Å². The number of aliphatic hydroxyl groups excluding tert-OH is 1. The molecule has 0 spiro atoms. The van der Waals surface area contributed by atoms with Gasteiger partial charge in [0, 0.05) is 6.54 Å². The zero-order valence-electron chi connectivity index (χ0n) is 11.1. The Labute approximate surface area is 120 Å². The van der Waals surface area contributed by atoms with E-state index >= 15 is 0 Å². The second-order valence-corrected chi connectivity index (χ2v) is 5.15. The molecule has 1 aromatic heterocycles. The number of carbonyl (C=O) groups excluding carboxylic acids is 1. The summed E-state index contributed by atoms with van der Waals surface area (Å²) >= 11 is 1.36. The molecule has 2 aromatic rings. The highest BCUT2D eigenvalue weighted by Crippen LogP contribution is 2.15. The van der Waals surface area contributed by atoms with Crippen LogP contribution in [0, 0.1) is 0 Å². The number of aromatic nitrogens is 2. The predicted molar refractivity (Wildman–Crippen MR) is 77.5 cm³/mol. The predicted octanol–water partition coefficient (Wildman–Crippen LogP) is 1.91. The third kappa shape index (κ3) is 3.75. The highest BCUT2D eigenvalue weighted by Gasteiger charge is 2.07. The van der Waals surface area contributed by atoms with E-state index in [0.29, 0.717) is 11.7 Å².